The van der Waals surface area contributed by atoms with Crippen molar-refractivity contribution in [1.29, 1.82) is 0 Å². The molecule has 5 heteroatoms. The van der Waals surface area contributed by atoms with Crippen molar-refractivity contribution in [2.45, 2.75) is 6.29 Å². The minimum atomic E-state index is -1.59. The van der Waals surface area contributed by atoms with Crippen molar-refractivity contribution < 1.29 is 15.0 Å². The standard InChI is InChI=1S/C3H4O2.CH4N2O/c1-2-3(4)5;2-1(3)4/h1,3-5H;(H4,2,3,4). The summed E-state index contributed by atoms with van der Waals surface area (Å²) >= 11 is 0. The largest absolute Gasteiger partial charge is 0.358 e. The van der Waals surface area contributed by atoms with Crippen molar-refractivity contribution >= 4 is 6.03 Å². The van der Waals surface area contributed by atoms with Crippen LogP contribution in [-0.2, 0) is 0 Å². The lowest BCUT2D eigenvalue weighted by Gasteiger charge is -1.80. The Morgan fingerprint density at radius 2 is 1.67 bits per heavy atom. The second-order valence-corrected chi connectivity index (χ2v) is 0.943. The zero-order chi connectivity index (χ0) is 7.86. The Morgan fingerprint density at radius 1 is 1.56 bits per heavy atom. The van der Waals surface area contributed by atoms with Gasteiger partial charge in [-0.1, -0.05) is 0 Å². The van der Waals surface area contributed by atoms with E-state index in [1.54, 1.807) is 5.92 Å². The Hall–Kier alpha value is -1.25. The summed E-state index contributed by atoms with van der Waals surface area (Å²) in [5, 5.41) is 15.4. The Balaban J connectivity index is 0. The van der Waals surface area contributed by atoms with Gasteiger partial charge in [-0.25, -0.2) is 4.79 Å². The highest BCUT2D eigenvalue weighted by Gasteiger charge is 1.77. The molecule has 0 unspecified atom stereocenters. The molecular weight excluding hydrogens is 124 g/mol. The number of carbonyl (C=O) groups is 1. The number of nitrogens with two attached hydrogens (primary N) is 2. The molecule has 0 aromatic heterocycles. The fourth-order valence-corrected chi connectivity index (χ4v) is 0. The predicted molar refractivity (Wildman–Crippen MR) is 30.8 cm³/mol. The zero-order valence-corrected chi connectivity index (χ0v) is 4.61. The number of aliphatic hydroxyl groups is 2. The van der Waals surface area contributed by atoms with Crippen LogP contribution in [0, 0.1) is 12.3 Å². The second-order valence-electron chi connectivity index (χ2n) is 0.943. The molecule has 0 aromatic carbocycles. The van der Waals surface area contributed by atoms with Gasteiger partial charge < -0.3 is 21.7 Å². The normalized spacial score (nSPS) is 6.89. The van der Waals surface area contributed by atoms with Crippen molar-refractivity contribution in [3.05, 3.63) is 0 Å². The van der Waals surface area contributed by atoms with E-state index in [0.29, 0.717) is 0 Å². The molecule has 0 aromatic rings. The van der Waals surface area contributed by atoms with Crippen LogP contribution >= 0.6 is 0 Å². The van der Waals surface area contributed by atoms with Crippen molar-refractivity contribution in [3.63, 3.8) is 0 Å². The van der Waals surface area contributed by atoms with E-state index < -0.39 is 12.3 Å². The number of hydrogen-bond donors (Lipinski definition) is 4. The highest BCUT2D eigenvalue weighted by Crippen LogP contribution is 1.59. The summed E-state index contributed by atoms with van der Waals surface area (Å²) in [4.78, 5) is 9.00. The van der Waals surface area contributed by atoms with E-state index in [9.17, 15) is 0 Å². The van der Waals surface area contributed by atoms with E-state index >= 15 is 0 Å². The maximum absolute atomic E-state index is 9.00. The maximum atomic E-state index is 9.00. The van der Waals surface area contributed by atoms with Gasteiger partial charge in [0.2, 0.25) is 6.29 Å². The van der Waals surface area contributed by atoms with E-state index in [1.165, 1.54) is 0 Å². The molecule has 0 aliphatic carbocycles. The first-order valence-electron chi connectivity index (χ1n) is 1.88. The molecule has 0 fully saturated rings. The smallest absolute Gasteiger partial charge is 0.309 e. The molecule has 0 spiro atoms. The van der Waals surface area contributed by atoms with E-state index in [0.717, 1.165) is 0 Å². The maximum Gasteiger partial charge on any atom is 0.309 e. The fourth-order valence-electron chi connectivity index (χ4n) is 0. The van der Waals surface area contributed by atoms with Crippen LogP contribution < -0.4 is 11.5 Å². The Labute approximate surface area is 52.3 Å². The lowest BCUT2D eigenvalue weighted by molar-refractivity contribution is 0.0109. The Kier molecular flexibility index (Phi) is 8.01. The van der Waals surface area contributed by atoms with Gasteiger partial charge in [-0.3, -0.25) is 0 Å². The van der Waals surface area contributed by atoms with Gasteiger partial charge in [-0.2, -0.15) is 0 Å². The van der Waals surface area contributed by atoms with Gasteiger partial charge in [0.05, 0.1) is 0 Å². The van der Waals surface area contributed by atoms with Crippen molar-refractivity contribution in [2.24, 2.45) is 11.5 Å². The minimum absolute atomic E-state index is 0.833. The van der Waals surface area contributed by atoms with Crippen LogP contribution in [0.2, 0.25) is 0 Å². The zero-order valence-electron chi connectivity index (χ0n) is 4.61. The van der Waals surface area contributed by atoms with Gasteiger partial charge in [0, 0.05) is 0 Å². The molecule has 6 N–H and O–H groups in total. The molecule has 0 aliphatic heterocycles. The van der Waals surface area contributed by atoms with Crippen LogP contribution in [0.25, 0.3) is 0 Å². The van der Waals surface area contributed by atoms with E-state index in [1.807, 2.05) is 0 Å². The molecule has 0 rings (SSSR count). The number of terminal acetylenes is 1. The molecule has 0 radical (unpaired) electrons. The SMILES string of the molecule is C#CC(O)O.NC(N)=O. The average Bonchev–Trinajstić information content (AvgIpc) is 1.65. The molecule has 5 nitrogen and oxygen atoms in total. The summed E-state index contributed by atoms with van der Waals surface area (Å²) in [7, 11) is 0. The molecule has 0 saturated heterocycles. The third kappa shape index (κ3) is 271. The summed E-state index contributed by atoms with van der Waals surface area (Å²) in [6.45, 7) is 0. The highest BCUT2D eigenvalue weighted by atomic mass is 16.5. The predicted octanol–water partition coefficient (Wildman–Crippen LogP) is -2.05. The van der Waals surface area contributed by atoms with E-state index in [4.69, 9.17) is 15.0 Å². The van der Waals surface area contributed by atoms with Crippen molar-refractivity contribution in [1.82, 2.24) is 0 Å². The van der Waals surface area contributed by atoms with Crippen LogP contribution in [-0.4, -0.2) is 22.5 Å². The number of rotatable bonds is 0. The number of urea groups is 1. The van der Waals surface area contributed by atoms with E-state index in [-0.39, 0.29) is 0 Å². The van der Waals surface area contributed by atoms with Gasteiger partial charge in [-0.15, -0.1) is 6.42 Å². The quantitative estimate of drug-likeness (QED) is 0.225. The number of aliphatic hydroxyl groups excluding tert-OH is 1. The molecule has 0 aliphatic rings. The third-order valence-electron chi connectivity index (χ3n) is 0.149. The van der Waals surface area contributed by atoms with Gasteiger partial charge in [0.1, 0.15) is 0 Å². The number of hydrogen-bond acceptors (Lipinski definition) is 3. The highest BCUT2D eigenvalue weighted by molar-refractivity contribution is 5.69. The van der Waals surface area contributed by atoms with Gasteiger partial charge >= 0.3 is 6.03 Å². The third-order valence-corrected chi connectivity index (χ3v) is 0.149. The topological polar surface area (TPSA) is 110 Å². The lowest BCUT2D eigenvalue weighted by atomic mass is 10.7. The lowest BCUT2D eigenvalue weighted by Crippen LogP contribution is -2.18. The second kappa shape index (κ2) is 6.75. The summed E-state index contributed by atoms with van der Waals surface area (Å²) in [5.74, 6) is 1.64. The first kappa shape index (κ1) is 10.7. The number of primary amides is 2. The summed E-state index contributed by atoms with van der Waals surface area (Å²) < 4.78 is 0. The van der Waals surface area contributed by atoms with Crippen LogP contribution in [0.15, 0.2) is 0 Å². The molecule has 2 amide bonds. The number of carbonyl (C=O) groups excluding carboxylic acids is 1. The van der Waals surface area contributed by atoms with Gasteiger partial charge in [-0.05, 0) is 5.92 Å². The molecule has 52 valence electrons. The molecule has 0 heterocycles. The van der Waals surface area contributed by atoms with Crippen LogP contribution in [0.1, 0.15) is 0 Å². The van der Waals surface area contributed by atoms with Gasteiger partial charge in [0.25, 0.3) is 0 Å². The van der Waals surface area contributed by atoms with E-state index in [2.05, 4.69) is 17.9 Å². The molecule has 0 bridgehead atoms. The fraction of sp³-hybridized carbons (Fsp3) is 0.250. The molecule has 9 heavy (non-hydrogen) atoms. The monoisotopic (exact) mass is 132 g/mol. The summed E-state index contributed by atoms with van der Waals surface area (Å²) in [6.07, 6.45) is 2.83. The first-order valence-corrected chi connectivity index (χ1v) is 1.88. The van der Waals surface area contributed by atoms with Crippen molar-refractivity contribution in [3.8, 4) is 12.3 Å². The Morgan fingerprint density at radius 3 is 1.67 bits per heavy atom. The van der Waals surface area contributed by atoms with Crippen molar-refractivity contribution in [2.75, 3.05) is 0 Å². The van der Waals surface area contributed by atoms with Crippen LogP contribution in [0.5, 0.6) is 0 Å². The molecular formula is C4H8N2O3. The molecule has 0 saturated carbocycles. The van der Waals surface area contributed by atoms with Crippen LogP contribution in [0.3, 0.4) is 0 Å². The summed E-state index contributed by atoms with van der Waals surface area (Å²) in [5.41, 5.74) is 8.50. The van der Waals surface area contributed by atoms with Gasteiger partial charge in [0.15, 0.2) is 0 Å². The number of amides is 2. The molecule has 0 atom stereocenters. The first-order chi connectivity index (χ1) is 4.00. The Bertz CT molecular complexity index is 111. The van der Waals surface area contributed by atoms with Crippen LogP contribution in [0.4, 0.5) is 4.79 Å². The minimum Gasteiger partial charge on any atom is -0.358 e. The average molecular weight is 132 g/mol. The summed E-state index contributed by atoms with van der Waals surface area (Å²) in [6, 6.07) is -0.833.